The molecular formula is C37H75NO9P+. The minimum atomic E-state index is -4.36. The van der Waals surface area contributed by atoms with Crippen LogP contribution in [0, 0.1) is 0 Å². The number of phosphoric ester groups is 1. The Balaban J connectivity index is 4.39. The zero-order valence-electron chi connectivity index (χ0n) is 31.7. The van der Waals surface area contributed by atoms with Gasteiger partial charge in [-0.2, -0.15) is 0 Å². The summed E-state index contributed by atoms with van der Waals surface area (Å²) in [6.45, 7) is 2.99. The molecule has 11 heteroatoms. The van der Waals surface area contributed by atoms with Gasteiger partial charge < -0.3 is 23.6 Å². The molecule has 0 aliphatic rings. The van der Waals surface area contributed by atoms with Crippen LogP contribution in [0.1, 0.15) is 161 Å². The lowest BCUT2D eigenvalue weighted by Gasteiger charge is -2.24. The number of nitrogens with zero attached hydrogens (tertiary/aromatic N) is 1. The van der Waals surface area contributed by atoms with Crippen LogP contribution >= 0.6 is 7.82 Å². The Morgan fingerprint density at radius 1 is 0.604 bits per heavy atom. The van der Waals surface area contributed by atoms with Gasteiger partial charge in [0.1, 0.15) is 19.8 Å². The third-order valence-corrected chi connectivity index (χ3v) is 9.37. The van der Waals surface area contributed by atoms with Crippen LogP contribution in [0.2, 0.25) is 0 Å². The number of carbonyl (C=O) groups is 2. The van der Waals surface area contributed by atoms with Gasteiger partial charge in [0.2, 0.25) is 0 Å². The van der Waals surface area contributed by atoms with Gasteiger partial charge in [-0.25, -0.2) is 4.57 Å². The average Bonchev–Trinajstić information content (AvgIpc) is 3.02. The smallest absolute Gasteiger partial charge is 0.462 e. The van der Waals surface area contributed by atoms with E-state index in [-0.39, 0.29) is 25.6 Å². The van der Waals surface area contributed by atoms with E-state index in [4.69, 9.17) is 23.3 Å². The van der Waals surface area contributed by atoms with E-state index in [1.165, 1.54) is 89.9 Å². The second-order valence-electron chi connectivity index (χ2n) is 14.3. The van der Waals surface area contributed by atoms with Crippen molar-refractivity contribution < 1.29 is 46.8 Å². The molecule has 0 radical (unpaired) electrons. The topological polar surface area (TPSA) is 118 Å². The van der Waals surface area contributed by atoms with Crippen LogP contribution in [0.3, 0.4) is 0 Å². The van der Waals surface area contributed by atoms with Crippen molar-refractivity contribution in [2.45, 2.75) is 167 Å². The SMILES string of the molecule is CCCCCCCCCCCCCCCC(=O)OCC(COP(=O)(O)OCC[N+](C)(C)C)OC(=O)CCCCCCCCCCCOC. The van der Waals surface area contributed by atoms with Gasteiger partial charge in [0.15, 0.2) is 6.10 Å². The van der Waals surface area contributed by atoms with Gasteiger partial charge in [0.05, 0.1) is 27.7 Å². The maximum Gasteiger partial charge on any atom is 0.472 e. The molecule has 0 rings (SSSR count). The van der Waals surface area contributed by atoms with Crippen molar-refractivity contribution in [2.24, 2.45) is 0 Å². The molecule has 0 spiro atoms. The lowest BCUT2D eigenvalue weighted by atomic mass is 10.0. The summed E-state index contributed by atoms with van der Waals surface area (Å²) in [5.41, 5.74) is 0. The van der Waals surface area contributed by atoms with Crippen molar-refractivity contribution in [2.75, 3.05) is 61.2 Å². The quantitative estimate of drug-likeness (QED) is 0.0294. The number of carbonyl (C=O) groups excluding carboxylic acids is 2. The van der Waals surface area contributed by atoms with E-state index < -0.39 is 26.5 Å². The highest BCUT2D eigenvalue weighted by Crippen LogP contribution is 2.43. The predicted octanol–water partition coefficient (Wildman–Crippen LogP) is 9.31. The molecule has 0 heterocycles. The Morgan fingerprint density at radius 3 is 1.50 bits per heavy atom. The number of likely N-dealkylation sites (N-methyl/N-ethyl adjacent to an activating group) is 1. The van der Waals surface area contributed by atoms with Gasteiger partial charge in [-0.15, -0.1) is 0 Å². The van der Waals surface area contributed by atoms with Gasteiger partial charge in [-0.3, -0.25) is 18.6 Å². The van der Waals surface area contributed by atoms with Crippen LogP contribution in [0.25, 0.3) is 0 Å². The Kier molecular flexibility index (Phi) is 31.2. The molecule has 0 bridgehead atoms. The normalized spacial score (nSPS) is 13.7. The molecule has 10 nitrogen and oxygen atoms in total. The van der Waals surface area contributed by atoms with Gasteiger partial charge in [-0.05, 0) is 19.3 Å². The molecule has 286 valence electrons. The second-order valence-corrected chi connectivity index (χ2v) is 15.8. The van der Waals surface area contributed by atoms with Crippen molar-refractivity contribution in [3.8, 4) is 0 Å². The van der Waals surface area contributed by atoms with Crippen LogP contribution in [0.15, 0.2) is 0 Å². The highest BCUT2D eigenvalue weighted by atomic mass is 31.2. The first-order valence-corrected chi connectivity index (χ1v) is 20.7. The van der Waals surface area contributed by atoms with Gasteiger partial charge in [0, 0.05) is 26.6 Å². The molecule has 0 aromatic heterocycles. The summed E-state index contributed by atoms with van der Waals surface area (Å²) in [5, 5.41) is 0. The van der Waals surface area contributed by atoms with Crippen LogP contribution in [-0.2, 0) is 37.4 Å². The molecule has 0 aliphatic carbocycles. The molecule has 48 heavy (non-hydrogen) atoms. The maximum absolute atomic E-state index is 12.6. The van der Waals surface area contributed by atoms with Crippen molar-refractivity contribution in [3.05, 3.63) is 0 Å². The highest BCUT2D eigenvalue weighted by Gasteiger charge is 2.27. The minimum Gasteiger partial charge on any atom is -0.462 e. The van der Waals surface area contributed by atoms with Crippen LogP contribution < -0.4 is 0 Å². The molecule has 0 aromatic rings. The van der Waals surface area contributed by atoms with E-state index in [9.17, 15) is 19.0 Å². The van der Waals surface area contributed by atoms with Crippen LogP contribution in [0.4, 0.5) is 0 Å². The first-order valence-electron chi connectivity index (χ1n) is 19.3. The summed E-state index contributed by atoms with van der Waals surface area (Å²) < 4.78 is 39.2. The first kappa shape index (κ1) is 47.0. The predicted molar refractivity (Wildman–Crippen MR) is 194 cm³/mol. The number of hydrogen-bond acceptors (Lipinski definition) is 8. The summed E-state index contributed by atoms with van der Waals surface area (Å²) in [4.78, 5) is 35.1. The molecule has 0 saturated heterocycles. The number of hydrogen-bond donors (Lipinski definition) is 1. The fourth-order valence-corrected chi connectivity index (χ4v) is 6.05. The molecule has 2 unspecified atom stereocenters. The van der Waals surface area contributed by atoms with Crippen LogP contribution in [0.5, 0.6) is 0 Å². The first-order chi connectivity index (χ1) is 23.0. The Labute approximate surface area is 294 Å². The summed E-state index contributed by atoms with van der Waals surface area (Å²) in [5.74, 6) is -0.808. The van der Waals surface area contributed by atoms with Crippen molar-refractivity contribution in [3.63, 3.8) is 0 Å². The molecule has 1 N–H and O–H groups in total. The van der Waals surface area contributed by atoms with Gasteiger partial charge in [-0.1, -0.05) is 129 Å². The minimum absolute atomic E-state index is 0.0314. The number of phosphoric acid groups is 1. The third kappa shape index (κ3) is 34.8. The number of ether oxygens (including phenoxy) is 3. The number of rotatable bonds is 36. The van der Waals surface area contributed by atoms with E-state index in [0.717, 1.165) is 51.6 Å². The van der Waals surface area contributed by atoms with Crippen molar-refractivity contribution >= 4 is 19.8 Å². The highest BCUT2D eigenvalue weighted by molar-refractivity contribution is 7.47. The second kappa shape index (κ2) is 31.9. The lowest BCUT2D eigenvalue weighted by Crippen LogP contribution is -2.37. The molecule has 0 saturated carbocycles. The Hall–Kier alpha value is -1.03. The lowest BCUT2D eigenvalue weighted by molar-refractivity contribution is -0.870. The summed E-state index contributed by atoms with van der Waals surface area (Å²) in [6.07, 6.45) is 25.3. The fourth-order valence-electron chi connectivity index (χ4n) is 5.30. The summed E-state index contributed by atoms with van der Waals surface area (Å²) >= 11 is 0. The van der Waals surface area contributed by atoms with E-state index in [1.807, 2.05) is 21.1 Å². The van der Waals surface area contributed by atoms with Crippen molar-refractivity contribution in [1.29, 1.82) is 0 Å². The van der Waals surface area contributed by atoms with Crippen molar-refractivity contribution in [1.82, 2.24) is 0 Å². The van der Waals surface area contributed by atoms with Gasteiger partial charge in [0.25, 0.3) is 0 Å². The molecule has 0 amide bonds. The molecule has 0 fully saturated rings. The zero-order valence-corrected chi connectivity index (χ0v) is 32.6. The van der Waals surface area contributed by atoms with E-state index in [1.54, 1.807) is 7.11 Å². The number of methoxy groups -OCH3 is 1. The monoisotopic (exact) mass is 709 g/mol. The largest absolute Gasteiger partial charge is 0.472 e. The van der Waals surface area contributed by atoms with E-state index in [0.29, 0.717) is 23.9 Å². The van der Waals surface area contributed by atoms with E-state index >= 15 is 0 Å². The maximum atomic E-state index is 12.6. The standard InChI is InChI=1S/C37H74NO9P/c1-6-7-8-9-10-11-12-13-14-16-19-22-25-28-36(39)44-33-35(34-46-48(41,42)45-32-30-38(2,3)4)47-37(40)29-26-23-20-17-15-18-21-24-27-31-43-5/h35H,6-34H2,1-5H3/p+1. The number of quaternary nitrogens is 1. The fraction of sp³-hybridized carbons (Fsp3) is 0.946. The molecule has 2 atom stereocenters. The average molecular weight is 709 g/mol. The van der Waals surface area contributed by atoms with Gasteiger partial charge >= 0.3 is 19.8 Å². The summed E-state index contributed by atoms with van der Waals surface area (Å²) in [7, 11) is 3.20. The Morgan fingerprint density at radius 2 is 1.04 bits per heavy atom. The molecule has 0 aliphatic heterocycles. The van der Waals surface area contributed by atoms with Crippen LogP contribution in [-0.4, -0.2) is 88.6 Å². The van der Waals surface area contributed by atoms with E-state index in [2.05, 4.69) is 6.92 Å². The molecular weight excluding hydrogens is 633 g/mol. The zero-order chi connectivity index (χ0) is 35.8. The Bertz CT molecular complexity index is 806. The third-order valence-electron chi connectivity index (χ3n) is 8.38. The summed E-state index contributed by atoms with van der Waals surface area (Å²) in [6, 6.07) is 0. The molecule has 0 aromatic carbocycles. The number of esters is 2. The number of unbranched alkanes of at least 4 members (excludes halogenated alkanes) is 20.